The zero-order chi connectivity index (χ0) is 26.3. The van der Waals surface area contributed by atoms with Crippen molar-refractivity contribution in [1.29, 1.82) is 0 Å². The first kappa shape index (κ1) is 25.2. The van der Waals surface area contributed by atoms with E-state index in [1.807, 2.05) is 40.0 Å². The van der Waals surface area contributed by atoms with Crippen molar-refractivity contribution >= 4 is 0 Å². The Morgan fingerprint density at radius 2 is 0.846 bits per heavy atom. The fraction of sp³-hybridized carbons (Fsp3) is 0.344. The van der Waals surface area contributed by atoms with Crippen molar-refractivity contribution in [1.82, 2.24) is 35.0 Å². The lowest BCUT2D eigenvalue weighted by molar-refractivity contribution is 0.579. The second-order valence-electron chi connectivity index (χ2n) is 10.6. The quantitative estimate of drug-likeness (QED) is 0.234. The summed E-state index contributed by atoms with van der Waals surface area (Å²) in [4.78, 5) is 4.81. The van der Waals surface area contributed by atoms with Crippen molar-refractivity contribution in [2.45, 2.75) is 70.9 Å². The van der Waals surface area contributed by atoms with E-state index < -0.39 is 0 Å². The van der Waals surface area contributed by atoms with Crippen molar-refractivity contribution in [3.63, 3.8) is 0 Å². The lowest BCUT2D eigenvalue weighted by Gasteiger charge is -2.06. The summed E-state index contributed by atoms with van der Waals surface area (Å²) in [5.41, 5.74) is 8.29. The van der Waals surface area contributed by atoms with Gasteiger partial charge in [0, 0.05) is 0 Å². The van der Waals surface area contributed by atoms with E-state index in [2.05, 4.69) is 69.2 Å². The molecule has 0 atom stereocenters. The van der Waals surface area contributed by atoms with E-state index in [-0.39, 0.29) is 0 Å². The number of benzene rings is 2. The molecule has 4 aliphatic heterocycles. The minimum atomic E-state index is 0.683. The van der Waals surface area contributed by atoms with Gasteiger partial charge in [0.1, 0.15) is 11.4 Å². The number of nitrogens with zero attached hydrogens (tertiary/aromatic N) is 7. The van der Waals surface area contributed by atoms with E-state index >= 15 is 0 Å². The van der Waals surface area contributed by atoms with Crippen molar-refractivity contribution in [3.05, 3.63) is 101 Å². The summed E-state index contributed by atoms with van der Waals surface area (Å²) >= 11 is 0. The first-order valence-corrected chi connectivity index (χ1v) is 14.2. The number of hydrogen-bond acceptors (Lipinski definition) is 5. The summed E-state index contributed by atoms with van der Waals surface area (Å²) in [6, 6.07) is 23.8. The Balaban J connectivity index is 1.21. The minimum Gasteiger partial charge on any atom is -0.247 e. The smallest absolute Gasteiger partial charge is 0.131 e. The van der Waals surface area contributed by atoms with Gasteiger partial charge in [-0.3, -0.25) is 0 Å². The van der Waals surface area contributed by atoms with Crippen LogP contribution in [0, 0.1) is 0 Å². The van der Waals surface area contributed by atoms with Gasteiger partial charge in [-0.25, -0.2) is 14.3 Å². The van der Waals surface area contributed by atoms with E-state index in [0.717, 1.165) is 35.6 Å². The van der Waals surface area contributed by atoms with Crippen molar-refractivity contribution in [2.24, 2.45) is 0 Å². The normalized spacial score (nSPS) is 15.1. The Labute approximate surface area is 229 Å². The fourth-order valence-electron chi connectivity index (χ4n) is 5.25. The molecule has 7 heterocycles. The molecule has 0 spiro atoms. The maximum atomic E-state index is 4.81. The average Bonchev–Trinajstić information content (AvgIpc) is 3.64. The van der Waals surface area contributed by atoms with Gasteiger partial charge >= 0.3 is 0 Å². The van der Waals surface area contributed by atoms with Gasteiger partial charge < -0.3 is 0 Å². The summed E-state index contributed by atoms with van der Waals surface area (Å²) in [6.07, 6.45) is 15.4. The molecule has 198 valence electrons. The van der Waals surface area contributed by atoms with Crippen LogP contribution < -0.4 is 0 Å². The topological polar surface area (TPSA) is 74.3 Å². The van der Waals surface area contributed by atoms with Crippen LogP contribution in [0.15, 0.2) is 79.1 Å². The summed E-state index contributed by atoms with van der Waals surface area (Å²) in [7, 11) is 0. The lowest BCUT2D eigenvalue weighted by atomic mass is 10.0. The van der Waals surface area contributed by atoms with Crippen LogP contribution in [0.4, 0.5) is 0 Å². The molecule has 0 aliphatic carbocycles. The van der Waals surface area contributed by atoms with E-state index in [1.54, 1.807) is 0 Å². The Kier molecular flexibility index (Phi) is 7.84. The van der Waals surface area contributed by atoms with Crippen LogP contribution in [0.1, 0.15) is 67.2 Å². The van der Waals surface area contributed by atoms with E-state index in [4.69, 9.17) is 4.98 Å². The molecule has 0 amide bonds. The Bertz CT molecular complexity index is 1370. The van der Waals surface area contributed by atoms with Crippen molar-refractivity contribution < 1.29 is 0 Å². The second-order valence-corrected chi connectivity index (χ2v) is 10.6. The highest BCUT2D eigenvalue weighted by atomic mass is 15.4. The van der Waals surface area contributed by atoms with Gasteiger partial charge in [-0.05, 0) is 60.1 Å². The maximum Gasteiger partial charge on any atom is 0.131 e. The third kappa shape index (κ3) is 6.66. The molecule has 0 unspecified atom stereocenters. The summed E-state index contributed by atoms with van der Waals surface area (Å²) in [5, 5.41) is 17.5. The van der Waals surface area contributed by atoms with Gasteiger partial charge in [-0.2, -0.15) is 0 Å². The molecule has 3 aromatic heterocycles. The monoisotopic (exact) mass is 517 g/mol. The van der Waals surface area contributed by atoms with Crippen LogP contribution in [0.5, 0.6) is 0 Å². The second kappa shape index (κ2) is 12.2. The molecule has 0 saturated heterocycles. The van der Waals surface area contributed by atoms with Gasteiger partial charge in [0.2, 0.25) is 0 Å². The highest BCUT2D eigenvalue weighted by Gasteiger charge is 2.11. The molecule has 9 rings (SSSR count). The van der Waals surface area contributed by atoms with Crippen molar-refractivity contribution in [3.8, 4) is 22.8 Å². The maximum absolute atomic E-state index is 4.81. The molecule has 0 radical (unpaired) electrons. The van der Waals surface area contributed by atoms with Crippen LogP contribution in [0.2, 0.25) is 0 Å². The van der Waals surface area contributed by atoms with Crippen LogP contribution in [-0.4, -0.2) is 35.0 Å². The van der Waals surface area contributed by atoms with Gasteiger partial charge in [-0.15, -0.1) is 10.2 Å². The van der Waals surface area contributed by atoms with Crippen molar-refractivity contribution in [2.75, 3.05) is 0 Å². The first-order valence-electron chi connectivity index (χ1n) is 14.2. The van der Waals surface area contributed by atoms with E-state index in [0.29, 0.717) is 13.1 Å². The predicted molar refractivity (Wildman–Crippen MR) is 153 cm³/mol. The number of aryl methyl sites for hydroxylation is 2. The standard InChI is InChI=1S/C32H35N7/c1-2-4-6-9-25-13-17-27(18-14-25)21-38-23-31(34-36-38)29-11-8-12-30(33-29)32-24-39(37-35-32)22-28-19-15-26(16-20-28)10-7-5-3-1/h8,11-20,23-24H,1-7,9-10,21-22H2. The molecule has 2 aromatic carbocycles. The molecule has 39 heavy (non-hydrogen) atoms. The molecule has 4 aliphatic rings. The van der Waals surface area contributed by atoms with E-state index in [9.17, 15) is 0 Å². The molecule has 7 nitrogen and oxygen atoms in total. The molecule has 0 N–H and O–H groups in total. The third-order valence-corrected chi connectivity index (χ3v) is 7.52. The number of hydrogen-bond donors (Lipinski definition) is 0. The average molecular weight is 518 g/mol. The Morgan fingerprint density at radius 1 is 0.436 bits per heavy atom. The first-order chi connectivity index (χ1) is 19.3. The van der Waals surface area contributed by atoms with Crippen LogP contribution >= 0.6 is 0 Å². The number of rotatable bonds is 0. The highest BCUT2D eigenvalue weighted by molar-refractivity contribution is 5.60. The fourth-order valence-corrected chi connectivity index (χ4v) is 5.25. The molecular weight excluding hydrogens is 482 g/mol. The lowest BCUT2D eigenvalue weighted by Crippen LogP contribution is -2.00. The molecule has 0 saturated carbocycles. The number of aromatic nitrogens is 7. The minimum absolute atomic E-state index is 0.683. The van der Waals surface area contributed by atoms with E-state index in [1.165, 1.54) is 67.2 Å². The highest BCUT2D eigenvalue weighted by Crippen LogP contribution is 2.21. The molecule has 10 bridgehead atoms. The summed E-state index contributed by atoms with van der Waals surface area (Å²) in [6.45, 7) is 1.37. The SMILES string of the molecule is c1cc2nc(c1)-c1cn(nn1)Cc1ccc(cc1)CCCCCCCCCc1ccc(cc1)Cn1cc-2nn1. The zero-order valence-corrected chi connectivity index (χ0v) is 22.4. The van der Waals surface area contributed by atoms with Crippen LogP contribution in [0.25, 0.3) is 22.8 Å². The van der Waals surface area contributed by atoms with Gasteiger partial charge in [0.05, 0.1) is 36.9 Å². The molecule has 7 heteroatoms. The molecular formula is C32H35N7. The summed E-state index contributed by atoms with van der Waals surface area (Å²) in [5.74, 6) is 0. The van der Waals surface area contributed by atoms with Gasteiger partial charge in [0.15, 0.2) is 0 Å². The number of pyridine rings is 1. The Morgan fingerprint density at radius 3 is 1.31 bits per heavy atom. The third-order valence-electron chi connectivity index (χ3n) is 7.52. The zero-order valence-electron chi connectivity index (χ0n) is 22.4. The van der Waals surface area contributed by atoms with Gasteiger partial charge in [0.25, 0.3) is 0 Å². The predicted octanol–water partition coefficient (Wildman–Crippen LogP) is 6.52. The Hall–Kier alpha value is -4.13. The molecule has 5 aromatic rings. The summed E-state index contributed by atoms with van der Waals surface area (Å²) < 4.78 is 3.74. The van der Waals surface area contributed by atoms with Gasteiger partial charge in [-0.1, -0.05) is 97.1 Å². The van der Waals surface area contributed by atoms with Crippen LogP contribution in [-0.2, 0) is 25.9 Å². The molecule has 0 fully saturated rings. The largest absolute Gasteiger partial charge is 0.247 e. The van der Waals surface area contributed by atoms with Crippen LogP contribution in [0.3, 0.4) is 0 Å².